The van der Waals surface area contributed by atoms with Gasteiger partial charge < -0.3 is 10.1 Å². The van der Waals surface area contributed by atoms with Crippen LogP contribution in [0, 0.1) is 0 Å². The average molecular weight is 322 g/mol. The molecule has 0 unspecified atom stereocenters. The maximum Gasteiger partial charge on any atom is 0.217 e. The molecule has 8 heteroatoms. The van der Waals surface area contributed by atoms with Crippen LogP contribution in [0.15, 0.2) is 0 Å². The Morgan fingerprint density at radius 1 is 1.35 bits per heavy atom. The van der Waals surface area contributed by atoms with Gasteiger partial charge in [0.05, 0.1) is 19.7 Å². The number of fused-ring (bicyclic) bond motifs is 2. The molecule has 1 aromatic heterocycles. The molecule has 1 amide bonds. The first kappa shape index (κ1) is 16.3. The number of carbonyl (C=O) groups excluding carboxylic acids is 1. The highest BCUT2D eigenvalue weighted by atomic mass is 16.5. The first-order valence-electron chi connectivity index (χ1n) is 8.44. The fourth-order valence-electron chi connectivity index (χ4n) is 3.99. The quantitative estimate of drug-likeness (QED) is 0.813. The number of methoxy groups -OCH3 is 1. The van der Waals surface area contributed by atoms with Crippen molar-refractivity contribution in [2.45, 2.75) is 70.2 Å². The highest BCUT2D eigenvalue weighted by Gasteiger charge is 2.39. The van der Waals surface area contributed by atoms with Crippen LogP contribution in [0.1, 0.15) is 44.9 Å². The van der Waals surface area contributed by atoms with Crippen molar-refractivity contribution in [1.82, 2.24) is 30.4 Å². The number of piperidine rings is 2. The van der Waals surface area contributed by atoms with Gasteiger partial charge in [-0.05, 0) is 36.1 Å². The zero-order valence-electron chi connectivity index (χ0n) is 13.9. The standard InChI is InChI=1S/C15H26N6O2/c1-11(22)16-12-8-13-4-3-5-14(9-12)20(13)10-15-17-18-19-21(15)6-7-23-2/h12-14H,3-10H2,1-2H3,(H,16,22)/t13-,14-/m0/s1. The van der Waals surface area contributed by atoms with Crippen molar-refractivity contribution in [3.63, 3.8) is 0 Å². The number of tetrazole rings is 1. The van der Waals surface area contributed by atoms with Crippen molar-refractivity contribution in [3.8, 4) is 0 Å². The monoisotopic (exact) mass is 322 g/mol. The molecule has 2 saturated heterocycles. The van der Waals surface area contributed by atoms with E-state index >= 15 is 0 Å². The van der Waals surface area contributed by atoms with E-state index in [9.17, 15) is 4.79 Å². The molecule has 2 fully saturated rings. The highest BCUT2D eigenvalue weighted by molar-refractivity contribution is 5.73. The average Bonchev–Trinajstić information content (AvgIpc) is 2.92. The molecule has 8 nitrogen and oxygen atoms in total. The first-order chi connectivity index (χ1) is 11.2. The molecule has 23 heavy (non-hydrogen) atoms. The number of nitrogens with one attached hydrogen (secondary N) is 1. The molecule has 0 saturated carbocycles. The van der Waals surface area contributed by atoms with Crippen LogP contribution in [0.25, 0.3) is 0 Å². The van der Waals surface area contributed by atoms with Crippen molar-refractivity contribution in [2.75, 3.05) is 13.7 Å². The second-order valence-electron chi connectivity index (χ2n) is 6.59. The second-order valence-corrected chi connectivity index (χ2v) is 6.59. The van der Waals surface area contributed by atoms with Gasteiger partial charge in [-0.25, -0.2) is 4.68 Å². The maximum atomic E-state index is 11.3. The molecular formula is C15H26N6O2. The molecule has 2 aliphatic heterocycles. The van der Waals surface area contributed by atoms with Gasteiger partial charge in [0.25, 0.3) is 0 Å². The highest BCUT2D eigenvalue weighted by Crippen LogP contribution is 2.34. The molecule has 2 atom stereocenters. The lowest BCUT2D eigenvalue weighted by molar-refractivity contribution is -0.120. The summed E-state index contributed by atoms with van der Waals surface area (Å²) in [6, 6.07) is 1.32. The predicted octanol–water partition coefficient (Wildman–Crippen LogP) is 0.341. The van der Waals surface area contributed by atoms with Crippen LogP contribution < -0.4 is 5.32 Å². The van der Waals surface area contributed by atoms with E-state index in [-0.39, 0.29) is 5.91 Å². The molecule has 0 radical (unpaired) electrons. The first-order valence-corrected chi connectivity index (χ1v) is 8.44. The number of amides is 1. The number of hydrogen-bond acceptors (Lipinski definition) is 6. The fraction of sp³-hybridized carbons (Fsp3) is 0.867. The SMILES string of the molecule is COCCn1nnnc1CN1[C@H]2CCC[C@H]1CC(NC(C)=O)C2. The number of rotatable bonds is 6. The number of aromatic nitrogens is 4. The Morgan fingerprint density at radius 2 is 2.09 bits per heavy atom. The summed E-state index contributed by atoms with van der Waals surface area (Å²) in [7, 11) is 1.68. The Labute approximate surface area is 136 Å². The minimum absolute atomic E-state index is 0.0741. The summed E-state index contributed by atoms with van der Waals surface area (Å²) < 4.78 is 6.95. The summed E-state index contributed by atoms with van der Waals surface area (Å²) in [5, 5.41) is 15.2. The number of nitrogens with zero attached hydrogens (tertiary/aromatic N) is 5. The van der Waals surface area contributed by atoms with E-state index in [2.05, 4.69) is 25.7 Å². The van der Waals surface area contributed by atoms with Crippen molar-refractivity contribution in [1.29, 1.82) is 0 Å². The molecule has 0 spiro atoms. The summed E-state index contributed by atoms with van der Waals surface area (Å²) in [4.78, 5) is 13.9. The summed E-state index contributed by atoms with van der Waals surface area (Å²) in [5.74, 6) is 0.974. The van der Waals surface area contributed by atoms with Crippen LogP contribution in [0.4, 0.5) is 0 Å². The largest absolute Gasteiger partial charge is 0.383 e. The lowest BCUT2D eigenvalue weighted by Gasteiger charge is -2.48. The van der Waals surface area contributed by atoms with E-state index in [4.69, 9.17) is 4.74 Å². The normalized spacial score (nSPS) is 27.8. The topological polar surface area (TPSA) is 85.2 Å². The molecule has 2 bridgehead atoms. The van der Waals surface area contributed by atoms with Gasteiger partial charge in [-0.1, -0.05) is 6.42 Å². The Kier molecular flexibility index (Phi) is 5.22. The van der Waals surface area contributed by atoms with Gasteiger partial charge in [0.2, 0.25) is 5.91 Å². The molecule has 3 heterocycles. The van der Waals surface area contributed by atoms with Crippen LogP contribution in [-0.4, -0.2) is 62.9 Å². The lowest BCUT2D eigenvalue weighted by Crippen LogP contribution is -2.56. The van der Waals surface area contributed by atoms with Gasteiger partial charge in [-0.3, -0.25) is 9.69 Å². The number of carbonyl (C=O) groups is 1. The lowest BCUT2D eigenvalue weighted by atomic mass is 9.81. The number of hydrogen-bond donors (Lipinski definition) is 1. The Balaban J connectivity index is 1.66. The van der Waals surface area contributed by atoms with Crippen LogP contribution in [-0.2, 0) is 22.6 Å². The van der Waals surface area contributed by atoms with Gasteiger partial charge in [-0.2, -0.15) is 0 Å². The van der Waals surface area contributed by atoms with Gasteiger partial charge in [0.15, 0.2) is 5.82 Å². The third kappa shape index (κ3) is 3.87. The van der Waals surface area contributed by atoms with Crippen molar-refractivity contribution in [3.05, 3.63) is 5.82 Å². The van der Waals surface area contributed by atoms with E-state index in [1.54, 1.807) is 14.0 Å². The van der Waals surface area contributed by atoms with E-state index < -0.39 is 0 Å². The molecule has 1 N–H and O–H groups in total. The van der Waals surface area contributed by atoms with Gasteiger partial charge in [0.1, 0.15) is 0 Å². The van der Waals surface area contributed by atoms with Gasteiger partial charge in [-0.15, -0.1) is 5.10 Å². The van der Waals surface area contributed by atoms with E-state index in [1.807, 2.05) is 4.68 Å². The smallest absolute Gasteiger partial charge is 0.217 e. The van der Waals surface area contributed by atoms with E-state index in [0.717, 1.165) is 25.2 Å². The maximum absolute atomic E-state index is 11.3. The summed E-state index contributed by atoms with van der Waals surface area (Å²) in [6.45, 7) is 3.66. The molecular weight excluding hydrogens is 296 g/mol. The molecule has 2 aliphatic rings. The molecule has 3 rings (SSSR count). The predicted molar refractivity (Wildman–Crippen MR) is 83.5 cm³/mol. The zero-order chi connectivity index (χ0) is 16.2. The molecule has 128 valence electrons. The van der Waals surface area contributed by atoms with Crippen LogP contribution in [0.5, 0.6) is 0 Å². The molecule has 1 aromatic rings. The fourth-order valence-corrected chi connectivity index (χ4v) is 3.99. The van der Waals surface area contributed by atoms with Crippen LogP contribution in [0.3, 0.4) is 0 Å². The van der Waals surface area contributed by atoms with Crippen molar-refractivity contribution < 1.29 is 9.53 Å². The van der Waals surface area contributed by atoms with Gasteiger partial charge in [0, 0.05) is 32.2 Å². The van der Waals surface area contributed by atoms with E-state index in [1.165, 1.54) is 19.3 Å². The van der Waals surface area contributed by atoms with E-state index in [0.29, 0.717) is 31.3 Å². The van der Waals surface area contributed by atoms with Crippen LogP contribution in [0.2, 0.25) is 0 Å². The van der Waals surface area contributed by atoms with Crippen molar-refractivity contribution >= 4 is 5.91 Å². The zero-order valence-corrected chi connectivity index (χ0v) is 13.9. The summed E-state index contributed by atoms with van der Waals surface area (Å²) in [6.07, 6.45) is 5.69. The Morgan fingerprint density at radius 3 is 2.74 bits per heavy atom. The van der Waals surface area contributed by atoms with Crippen LogP contribution >= 0.6 is 0 Å². The minimum Gasteiger partial charge on any atom is -0.383 e. The third-order valence-corrected chi connectivity index (χ3v) is 4.97. The summed E-state index contributed by atoms with van der Waals surface area (Å²) >= 11 is 0. The van der Waals surface area contributed by atoms with Gasteiger partial charge >= 0.3 is 0 Å². The number of ether oxygens (including phenoxy) is 1. The summed E-state index contributed by atoms with van der Waals surface area (Å²) in [5.41, 5.74) is 0. The van der Waals surface area contributed by atoms with Crippen molar-refractivity contribution in [2.24, 2.45) is 0 Å². The second kappa shape index (κ2) is 7.35. The molecule has 0 aromatic carbocycles. The Bertz CT molecular complexity index is 520. The Hall–Kier alpha value is -1.54. The molecule has 0 aliphatic carbocycles. The third-order valence-electron chi connectivity index (χ3n) is 4.97. The minimum atomic E-state index is 0.0741.